The molecule has 1 aromatic carbocycles. The highest BCUT2D eigenvalue weighted by molar-refractivity contribution is 7.92. The average Bonchev–Trinajstić information content (AvgIpc) is 2.26. The van der Waals surface area contributed by atoms with Gasteiger partial charge in [0, 0.05) is 0 Å². The first kappa shape index (κ1) is 14.4. The third-order valence-corrected chi connectivity index (χ3v) is 5.36. The molecular formula is C13H18FNO3S. The summed E-state index contributed by atoms with van der Waals surface area (Å²) in [5, 5.41) is -0.606. The van der Waals surface area contributed by atoms with Crippen LogP contribution in [-0.2, 0) is 21.0 Å². The van der Waals surface area contributed by atoms with E-state index in [9.17, 15) is 12.8 Å². The van der Waals surface area contributed by atoms with Gasteiger partial charge in [0.15, 0.2) is 9.84 Å². The van der Waals surface area contributed by atoms with Crippen LogP contribution < -0.4 is 5.73 Å². The predicted molar refractivity (Wildman–Crippen MR) is 70.2 cm³/mol. The molecule has 1 aliphatic heterocycles. The second-order valence-electron chi connectivity index (χ2n) is 4.72. The normalized spacial score (nSPS) is 16.3. The summed E-state index contributed by atoms with van der Waals surface area (Å²) in [4.78, 5) is -0.219. The molecule has 2 rings (SSSR count). The van der Waals surface area contributed by atoms with E-state index in [1.165, 1.54) is 12.1 Å². The van der Waals surface area contributed by atoms with Crippen molar-refractivity contribution in [2.45, 2.75) is 29.4 Å². The zero-order valence-corrected chi connectivity index (χ0v) is 11.5. The zero-order chi connectivity index (χ0) is 13.9. The first-order valence-corrected chi connectivity index (χ1v) is 7.90. The van der Waals surface area contributed by atoms with E-state index >= 15 is 0 Å². The third-order valence-electron chi connectivity index (χ3n) is 3.27. The molecule has 6 heteroatoms. The molecule has 0 amide bonds. The van der Waals surface area contributed by atoms with Crippen LogP contribution in [0.2, 0.25) is 0 Å². The maximum atomic E-state index is 13.9. The van der Waals surface area contributed by atoms with Gasteiger partial charge in [-0.3, -0.25) is 0 Å². The molecule has 0 spiro atoms. The summed E-state index contributed by atoms with van der Waals surface area (Å²) in [6.45, 7) is 0.913. The fraction of sp³-hybridized carbons (Fsp3) is 0.538. The molecule has 0 radical (unpaired) electrons. The molecule has 4 nitrogen and oxygen atoms in total. The number of benzene rings is 1. The van der Waals surface area contributed by atoms with E-state index in [2.05, 4.69) is 0 Å². The van der Waals surface area contributed by atoms with Crippen LogP contribution in [0, 0.1) is 5.82 Å². The lowest BCUT2D eigenvalue weighted by molar-refractivity contribution is 0.0415. The van der Waals surface area contributed by atoms with Crippen molar-refractivity contribution in [2.24, 2.45) is 5.73 Å². The SMILES string of the molecule is NCCCCc1ccc(S(=O)(=O)C2COC2)c(F)c1. The van der Waals surface area contributed by atoms with Gasteiger partial charge in [0.05, 0.1) is 13.2 Å². The third kappa shape index (κ3) is 3.13. The Morgan fingerprint density at radius 1 is 1.32 bits per heavy atom. The Hall–Kier alpha value is -0.980. The van der Waals surface area contributed by atoms with E-state index in [0.717, 1.165) is 18.4 Å². The molecule has 1 aromatic rings. The summed E-state index contributed by atoms with van der Waals surface area (Å²) in [6, 6.07) is 4.34. The Bertz CT molecular complexity index is 541. The number of unbranched alkanes of at least 4 members (excludes halogenated alkanes) is 1. The molecule has 1 heterocycles. The fourth-order valence-corrected chi connectivity index (χ4v) is 3.48. The van der Waals surface area contributed by atoms with Crippen molar-refractivity contribution in [2.75, 3.05) is 19.8 Å². The van der Waals surface area contributed by atoms with Gasteiger partial charge in [0.2, 0.25) is 0 Å². The van der Waals surface area contributed by atoms with Crippen LogP contribution in [0.5, 0.6) is 0 Å². The van der Waals surface area contributed by atoms with E-state index in [4.69, 9.17) is 10.5 Å². The van der Waals surface area contributed by atoms with Crippen molar-refractivity contribution in [3.63, 3.8) is 0 Å². The lowest BCUT2D eigenvalue weighted by Crippen LogP contribution is -2.40. The maximum absolute atomic E-state index is 13.9. The molecule has 0 aliphatic carbocycles. The van der Waals surface area contributed by atoms with Crippen molar-refractivity contribution in [1.29, 1.82) is 0 Å². The van der Waals surface area contributed by atoms with Crippen LogP contribution in [0.1, 0.15) is 18.4 Å². The summed E-state index contributed by atoms with van der Waals surface area (Å²) in [6.07, 6.45) is 2.46. The predicted octanol–water partition coefficient (Wildman–Crippen LogP) is 1.28. The van der Waals surface area contributed by atoms with Gasteiger partial charge in [-0.15, -0.1) is 0 Å². The Morgan fingerprint density at radius 2 is 2.05 bits per heavy atom. The van der Waals surface area contributed by atoms with Crippen LogP contribution in [0.4, 0.5) is 4.39 Å². The minimum atomic E-state index is -3.59. The number of ether oxygens (including phenoxy) is 1. The van der Waals surface area contributed by atoms with E-state index in [1.807, 2.05) is 0 Å². The smallest absolute Gasteiger partial charge is 0.188 e. The summed E-state index contributed by atoms with van der Waals surface area (Å²) in [5.74, 6) is -0.669. The Kier molecular flexibility index (Phi) is 4.54. The molecule has 1 fully saturated rings. The van der Waals surface area contributed by atoms with E-state index in [-0.39, 0.29) is 18.1 Å². The van der Waals surface area contributed by atoms with Gasteiger partial charge in [-0.05, 0) is 43.5 Å². The standard InChI is InChI=1S/C13H18FNO3S/c14-12-7-10(3-1-2-6-15)4-5-13(12)19(16,17)11-8-18-9-11/h4-5,7,11H,1-3,6,8-9,15H2. The molecule has 0 unspecified atom stereocenters. The highest BCUT2D eigenvalue weighted by Crippen LogP contribution is 2.25. The second-order valence-corrected chi connectivity index (χ2v) is 6.91. The Balaban J connectivity index is 2.15. The van der Waals surface area contributed by atoms with Crippen molar-refractivity contribution >= 4 is 9.84 Å². The molecule has 1 saturated heterocycles. The molecule has 19 heavy (non-hydrogen) atoms. The lowest BCUT2D eigenvalue weighted by Gasteiger charge is -2.25. The van der Waals surface area contributed by atoms with Crippen molar-refractivity contribution in [1.82, 2.24) is 0 Å². The molecule has 1 aliphatic rings. The number of hydrogen-bond acceptors (Lipinski definition) is 4. The van der Waals surface area contributed by atoms with Crippen LogP contribution >= 0.6 is 0 Å². The van der Waals surface area contributed by atoms with E-state index in [0.29, 0.717) is 13.0 Å². The van der Waals surface area contributed by atoms with Gasteiger partial charge in [-0.2, -0.15) is 0 Å². The average molecular weight is 287 g/mol. The summed E-state index contributed by atoms with van der Waals surface area (Å²) >= 11 is 0. The number of rotatable bonds is 6. The molecule has 0 aromatic heterocycles. The van der Waals surface area contributed by atoms with Gasteiger partial charge in [0.25, 0.3) is 0 Å². The lowest BCUT2D eigenvalue weighted by atomic mass is 10.1. The van der Waals surface area contributed by atoms with Gasteiger partial charge in [0.1, 0.15) is 16.0 Å². The minimum Gasteiger partial charge on any atom is -0.379 e. The van der Waals surface area contributed by atoms with Gasteiger partial charge in [-0.25, -0.2) is 12.8 Å². The first-order chi connectivity index (χ1) is 9.05. The highest BCUT2D eigenvalue weighted by atomic mass is 32.2. The quantitative estimate of drug-likeness (QED) is 0.800. The van der Waals surface area contributed by atoms with Gasteiger partial charge in [-0.1, -0.05) is 6.07 Å². The number of sulfone groups is 1. The number of halogens is 1. The Morgan fingerprint density at radius 3 is 2.58 bits per heavy atom. The van der Waals surface area contributed by atoms with E-state index in [1.54, 1.807) is 6.07 Å². The molecule has 0 bridgehead atoms. The van der Waals surface area contributed by atoms with E-state index < -0.39 is 20.9 Å². The second kappa shape index (κ2) is 5.98. The molecule has 2 N–H and O–H groups in total. The maximum Gasteiger partial charge on any atom is 0.188 e. The first-order valence-electron chi connectivity index (χ1n) is 6.36. The van der Waals surface area contributed by atoms with Crippen LogP contribution in [-0.4, -0.2) is 33.4 Å². The van der Waals surface area contributed by atoms with Crippen molar-refractivity contribution < 1.29 is 17.5 Å². The van der Waals surface area contributed by atoms with Crippen molar-refractivity contribution in [3.8, 4) is 0 Å². The van der Waals surface area contributed by atoms with Crippen LogP contribution in [0.15, 0.2) is 23.1 Å². The highest BCUT2D eigenvalue weighted by Gasteiger charge is 2.35. The topological polar surface area (TPSA) is 69.4 Å². The van der Waals surface area contributed by atoms with Crippen LogP contribution in [0.25, 0.3) is 0 Å². The zero-order valence-electron chi connectivity index (χ0n) is 10.6. The largest absolute Gasteiger partial charge is 0.379 e. The molecule has 0 atom stereocenters. The number of hydrogen-bond donors (Lipinski definition) is 1. The summed E-state index contributed by atoms with van der Waals surface area (Å²) < 4.78 is 42.9. The van der Waals surface area contributed by atoms with Crippen LogP contribution in [0.3, 0.4) is 0 Å². The monoisotopic (exact) mass is 287 g/mol. The molecule has 0 saturated carbocycles. The van der Waals surface area contributed by atoms with Gasteiger partial charge >= 0.3 is 0 Å². The van der Waals surface area contributed by atoms with Crippen molar-refractivity contribution in [3.05, 3.63) is 29.6 Å². The molecule has 106 valence electrons. The molecular weight excluding hydrogens is 269 g/mol. The fourth-order valence-electron chi connectivity index (χ4n) is 1.98. The Labute approximate surface area is 112 Å². The number of nitrogens with two attached hydrogens (primary N) is 1. The number of aryl methyl sites for hydroxylation is 1. The van der Waals surface area contributed by atoms with Gasteiger partial charge < -0.3 is 10.5 Å². The summed E-state index contributed by atoms with van der Waals surface area (Å²) in [5.41, 5.74) is 6.19. The minimum absolute atomic E-state index is 0.153. The summed E-state index contributed by atoms with van der Waals surface area (Å²) in [7, 11) is -3.59.